The van der Waals surface area contributed by atoms with Gasteiger partial charge in [-0.2, -0.15) is 5.26 Å². The molecule has 1 amide bonds. The Kier molecular flexibility index (Phi) is 7.26. The number of phenols is 1. The number of nitriles is 1. The Balaban J connectivity index is 1.78. The van der Waals surface area contributed by atoms with Gasteiger partial charge in [-0.1, -0.05) is 30.3 Å². The van der Waals surface area contributed by atoms with Crippen LogP contribution < -0.4 is 10.6 Å². The third-order valence-electron chi connectivity index (χ3n) is 3.95. The van der Waals surface area contributed by atoms with Crippen LogP contribution in [0.5, 0.6) is 5.75 Å². The van der Waals surface area contributed by atoms with Crippen LogP contribution in [0.3, 0.4) is 0 Å². The third kappa shape index (κ3) is 5.99. The predicted molar refractivity (Wildman–Crippen MR) is 103 cm³/mol. The maximum absolute atomic E-state index is 12.2. The summed E-state index contributed by atoms with van der Waals surface area (Å²) in [5.41, 5.74) is 2.62. The number of nitrogens with one attached hydrogen (secondary N) is 2. The van der Waals surface area contributed by atoms with Crippen LogP contribution in [0.25, 0.3) is 0 Å². The van der Waals surface area contributed by atoms with Crippen molar-refractivity contribution in [3.63, 3.8) is 0 Å². The number of aromatic hydroxyl groups is 1. The molecule has 3 N–H and O–H groups in total. The van der Waals surface area contributed by atoms with Crippen molar-refractivity contribution in [2.45, 2.75) is 26.2 Å². The molecule has 0 saturated carbocycles. The Hall–Kier alpha value is -3.26. The van der Waals surface area contributed by atoms with Gasteiger partial charge in [0.05, 0.1) is 0 Å². The molecular formula is C21H23N3O2. The molecule has 2 aromatic rings. The molecule has 0 spiro atoms. The molecule has 0 aliphatic heterocycles. The van der Waals surface area contributed by atoms with Gasteiger partial charge in [-0.15, -0.1) is 0 Å². The first-order valence-corrected chi connectivity index (χ1v) is 8.58. The van der Waals surface area contributed by atoms with E-state index in [9.17, 15) is 15.2 Å². The number of anilines is 1. The van der Waals surface area contributed by atoms with E-state index < -0.39 is 5.91 Å². The number of carbonyl (C=O) groups is 1. The molecule has 5 nitrogen and oxygen atoms in total. The Bertz CT molecular complexity index is 808. The number of aryl methyl sites for hydroxylation is 2. The maximum Gasteiger partial charge on any atom is 0.267 e. The molecule has 0 fully saturated rings. The molecule has 0 heterocycles. The highest BCUT2D eigenvalue weighted by Gasteiger charge is 2.10. The van der Waals surface area contributed by atoms with Crippen LogP contribution in [0.1, 0.15) is 24.0 Å². The van der Waals surface area contributed by atoms with Gasteiger partial charge < -0.3 is 15.7 Å². The van der Waals surface area contributed by atoms with E-state index in [1.807, 2.05) is 24.3 Å². The minimum atomic E-state index is -0.474. The second-order valence-electron chi connectivity index (χ2n) is 6.02. The Morgan fingerprint density at radius 2 is 1.96 bits per heavy atom. The second kappa shape index (κ2) is 9.90. The number of unbranched alkanes of at least 4 members (excludes halogenated alkanes) is 1. The molecule has 0 aliphatic carbocycles. The fourth-order valence-electron chi connectivity index (χ4n) is 2.50. The lowest BCUT2D eigenvalue weighted by molar-refractivity contribution is -0.112. The number of rotatable bonds is 8. The first-order valence-electron chi connectivity index (χ1n) is 8.58. The van der Waals surface area contributed by atoms with Crippen LogP contribution in [0.4, 0.5) is 5.69 Å². The molecule has 0 radical (unpaired) electrons. The zero-order valence-electron chi connectivity index (χ0n) is 14.8. The Morgan fingerprint density at radius 1 is 1.19 bits per heavy atom. The summed E-state index contributed by atoms with van der Waals surface area (Å²) in [5.74, 6) is -0.341. The highest BCUT2D eigenvalue weighted by Crippen LogP contribution is 2.20. The van der Waals surface area contributed by atoms with E-state index >= 15 is 0 Å². The van der Waals surface area contributed by atoms with Gasteiger partial charge in [0.2, 0.25) is 0 Å². The third-order valence-corrected chi connectivity index (χ3v) is 3.95. The van der Waals surface area contributed by atoms with Crippen LogP contribution in [0.15, 0.2) is 60.3 Å². The first kappa shape index (κ1) is 19.1. The molecule has 2 aromatic carbocycles. The zero-order chi connectivity index (χ0) is 18.8. The average Bonchev–Trinajstić information content (AvgIpc) is 2.64. The van der Waals surface area contributed by atoms with Crippen LogP contribution in [-0.2, 0) is 11.2 Å². The van der Waals surface area contributed by atoms with Crippen LogP contribution >= 0.6 is 0 Å². The molecule has 0 unspecified atom stereocenters. The maximum atomic E-state index is 12.2. The summed E-state index contributed by atoms with van der Waals surface area (Å²) in [4.78, 5) is 12.2. The van der Waals surface area contributed by atoms with E-state index in [1.165, 1.54) is 17.8 Å². The van der Waals surface area contributed by atoms with Crippen molar-refractivity contribution < 1.29 is 9.90 Å². The summed E-state index contributed by atoms with van der Waals surface area (Å²) in [5, 5.41) is 24.3. The van der Waals surface area contributed by atoms with E-state index in [4.69, 9.17) is 0 Å². The van der Waals surface area contributed by atoms with E-state index in [0.29, 0.717) is 12.2 Å². The van der Waals surface area contributed by atoms with Crippen LogP contribution in [0, 0.1) is 18.3 Å². The number of hydrogen-bond donors (Lipinski definition) is 3. The van der Waals surface area contributed by atoms with Crippen LogP contribution in [0.2, 0.25) is 0 Å². The Labute approximate surface area is 154 Å². The van der Waals surface area contributed by atoms with Crippen molar-refractivity contribution in [2.75, 3.05) is 11.9 Å². The molecule has 0 aliphatic rings. The van der Waals surface area contributed by atoms with Gasteiger partial charge in [0.15, 0.2) is 0 Å². The standard InChI is InChI=1S/C21H23N3O2/c1-16-13-19(25)10-11-20(16)24-21(26)18(14-22)15-23-12-6-5-9-17-7-3-2-4-8-17/h2-4,7-8,10-11,13,15,23,25H,5-6,9,12H2,1H3,(H,24,26)/b18-15-. The van der Waals surface area contributed by atoms with Gasteiger partial charge in [-0.05, 0) is 55.5 Å². The van der Waals surface area contributed by atoms with Gasteiger partial charge in [0.1, 0.15) is 17.4 Å². The molecule has 0 saturated heterocycles. The zero-order valence-corrected chi connectivity index (χ0v) is 14.8. The second-order valence-corrected chi connectivity index (χ2v) is 6.02. The number of hydrogen-bond acceptors (Lipinski definition) is 4. The number of benzene rings is 2. The molecule has 5 heteroatoms. The quantitative estimate of drug-likeness (QED) is 0.294. The van der Waals surface area contributed by atoms with Crippen molar-refractivity contribution in [1.29, 1.82) is 5.26 Å². The lowest BCUT2D eigenvalue weighted by Gasteiger charge is -2.08. The average molecular weight is 349 g/mol. The van der Waals surface area contributed by atoms with Gasteiger partial charge in [-0.25, -0.2) is 0 Å². The van der Waals surface area contributed by atoms with E-state index in [2.05, 4.69) is 22.8 Å². The van der Waals surface area contributed by atoms with Crippen molar-refractivity contribution in [1.82, 2.24) is 5.32 Å². The number of carbonyl (C=O) groups excluding carboxylic acids is 1. The lowest BCUT2D eigenvalue weighted by atomic mass is 10.1. The van der Waals surface area contributed by atoms with E-state index in [-0.39, 0.29) is 11.3 Å². The van der Waals surface area contributed by atoms with Crippen molar-refractivity contribution in [3.8, 4) is 11.8 Å². The summed E-state index contributed by atoms with van der Waals surface area (Å²) in [7, 11) is 0. The highest BCUT2D eigenvalue weighted by molar-refractivity contribution is 6.06. The normalized spacial score (nSPS) is 10.8. The summed E-state index contributed by atoms with van der Waals surface area (Å²) >= 11 is 0. The van der Waals surface area contributed by atoms with E-state index in [1.54, 1.807) is 19.1 Å². The summed E-state index contributed by atoms with van der Waals surface area (Å²) in [6.45, 7) is 2.47. The van der Waals surface area contributed by atoms with E-state index in [0.717, 1.165) is 24.8 Å². The summed E-state index contributed by atoms with van der Waals surface area (Å²) < 4.78 is 0. The number of phenolic OH excluding ortho intramolecular Hbond substituents is 1. The highest BCUT2D eigenvalue weighted by atomic mass is 16.3. The SMILES string of the molecule is Cc1cc(O)ccc1NC(=O)/C(C#N)=C\NCCCCc1ccccc1. The lowest BCUT2D eigenvalue weighted by Crippen LogP contribution is -2.17. The number of nitrogens with zero attached hydrogens (tertiary/aromatic N) is 1. The summed E-state index contributed by atoms with van der Waals surface area (Å²) in [6.07, 6.45) is 4.44. The fraction of sp³-hybridized carbons (Fsp3) is 0.238. The van der Waals surface area contributed by atoms with Gasteiger partial charge >= 0.3 is 0 Å². The largest absolute Gasteiger partial charge is 0.508 e. The molecule has 134 valence electrons. The van der Waals surface area contributed by atoms with Gasteiger partial charge in [0.25, 0.3) is 5.91 Å². The smallest absolute Gasteiger partial charge is 0.267 e. The molecule has 0 atom stereocenters. The predicted octanol–water partition coefficient (Wildman–Crippen LogP) is 3.66. The number of amides is 1. The van der Waals surface area contributed by atoms with Crippen LogP contribution in [-0.4, -0.2) is 17.6 Å². The summed E-state index contributed by atoms with van der Waals surface area (Å²) in [6, 6.07) is 16.8. The van der Waals surface area contributed by atoms with Gasteiger partial charge in [0, 0.05) is 18.4 Å². The molecule has 2 rings (SSSR count). The monoisotopic (exact) mass is 349 g/mol. The Morgan fingerprint density at radius 3 is 2.65 bits per heavy atom. The first-order chi connectivity index (χ1) is 12.6. The van der Waals surface area contributed by atoms with Crippen molar-refractivity contribution in [3.05, 3.63) is 71.4 Å². The molecule has 0 bridgehead atoms. The molecular weight excluding hydrogens is 326 g/mol. The van der Waals surface area contributed by atoms with Crippen molar-refractivity contribution in [2.24, 2.45) is 0 Å². The van der Waals surface area contributed by atoms with Gasteiger partial charge in [-0.3, -0.25) is 4.79 Å². The van der Waals surface area contributed by atoms with Crippen molar-refractivity contribution >= 4 is 11.6 Å². The molecule has 0 aromatic heterocycles. The fourth-order valence-corrected chi connectivity index (χ4v) is 2.50. The topological polar surface area (TPSA) is 85.2 Å². The molecule has 26 heavy (non-hydrogen) atoms. The minimum absolute atomic E-state index is 0.0144. The minimum Gasteiger partial charge on any atom is -0.508 e.